The lowest BCUT2D eigenvalue weighted by Gasteiger charge is -2.29. The molecule has 0 radical (unpaired) electrons. The molecule has 0 saturated heterocycles. The van der Waals surface area contributed by atoms with E-state index in [1.54, 1.807) is 6.20 Å². The van der Waals surface area contributed by atoms with Crippen LogP contribution in [0.1, 0.15) is 43.9 Å². The standard InChI is InChI=1S/C14H19N3/c1-11-5-2-3-7-13(11)17-10-12-6-4-8-16-14(12)9-15/h4,6,8,11,13,17H,2-3,5,7,10H2,1H3. The Kier molecular flexibility index (Phi) is 4.11. The molecule has 1 fully saturated rings. The summed E-state index contributed by atoms with van der Waals surface area (Å²) in [7, 11) is 0. The molecule has 3 heteroatoms. The second-order valence-corrected chi connectivity index (χ2v) is 4.87. The molecular weight excluding hydrogens is 210 g/mol. The van der Waals surface area contributed by atoms with E-state index in [0.29, 0.717) is 11.7 Å². The van der Waals surface area contributed by atoms with Crippen LogP contribution in [0.5, 0.6) is 0 Å². The van der Waals surface area contributed by atoms with Crippen LogP contribution in [0.25, 0.3) is 0 Å². The highest BCUT2D eigenvalue weighted by molar-refractivity contribution is 5.30. The fourth-order valence-electron chi connectivity index (χ4n) is 2.54. The smallest absolute Gasteiger partial charge is 0.144 e. The zero-order valence-electron chi connectivity index (χ0n) is 10.3. The van der Waals surface area contributed by atoms with Gasteiger partial charge in [0.25, 0.3) is 0 Å². The van der Waals surface area contributed by atoms with Gasteiger partial charge in [-0.3, -0.25) is 0 Å². The highest BCUT2D eigenvalue weighted by atomic mass is 14.9. The van der Waals surface area contributed by atoms with Crippen LogP contribution < -0.4 is 5.32 Å². The van der Waals surface area contributed by atoms with E-state index in [-0.39, 0.29) is 0 Å². The van der Waals surface area contributed by atoms with Gasteiger partial charge in [0.1, 0.15) is 11.8 Å². The number of nitriles is 1. The van der Waals surface area contributed by atoms with Gasteiger partial charge in [-0.05, 0) is 24.8 Å². The lowest BCUT2D eigenvalue weighted by atomic mass is 9.86. The number of nitrogens with zero attached hydrogens (tertiary/aromatic N) is 2. The monoisotopic (exact) mass is 229 g/mol. The van der Waals surface area contributed by atoms with Gasteiger partial charge in [-0.1, -0.05) is 25.8 Å². The molecule has 2 atom stereocenters. The second-order valence-electron chi connectivity index (χ2n) is 4.87. The molecule has 17 heavy (non-hydrogen) atoms. The summed E-state index contributed by atoms with van der Waals surface area (Å²) in [5.74, 6) is 0.742. The molecule has 1 heterocycles. The summed E-state index contributed by atoms with van der Waals surface area (Å²) in [6.07, 6.45) is 6.92. The first kappa shape index (κ1) is 12.1. The van der Waals surface area contributed by atoms with Crippen molar-refractivity contribution in [2.75, 3.05) is 0 Å². The van der Waals surface area contributed by atoms with Crippen LogP contribution in [-0.2, 0) is 6.54 Å². The maximum absolute atomic E-state index is 8.97. The Labute approximate surface area is 103 Å². The molecule has 2 unspecified atom stereocenters. The van der Waals surface area contributed by atoms with Gasteiger partial charge < -0.3 is 5.32 Å². The lowest BCUT2D eigenvalue weighted by molar-refractivity contribution is 0.279. The third kappa shape index (κ3) is 3.04. The largest absolute Gasteiger partial charge is 0.310 e. The van der Waals surface area contributed by atoms with Gasteiger partial charge in [-0.15, -0.1) is 0 Å². The van der Waals surface area contributed by atoms with Crippen LogP contribution in [0.4, 0.5) is 0 Å². The van der Waals surface area contributed by atoms with Crippen molar-refractivity contribution in [1.82, 2.24) is 10.3 Å². The number of hydrogen-bond acceptors (Lipinski definition) is 3. The van der Waals surface area contributed by atoms with Crippen LogP contribution in [-0.4, -0.2) is 11.0 Å². The summed E-state index contributed by atoms with van der Waals surface area (Å²) in [6, 6.07) is 6.61. The molecule has 90 valence electrons. The van der Waals surface area contributed by atoms with E-state index in [2.05, 4.69) is 23.3 Å². The van der Waals surface area contributed by atoms with Crippen LogP contribution >= 0.6 is 0 Å². The SMILES string of the molecule is CC1CCCCC1NCc1cccnc1C#N. The summed E-state index contributed by atoms with van der Waals surface area (Å²) in [5.41, 5.74) is 1.55. The highest BCUT2D eigenvalue weighted by Crippen LogP contribution is 2.24. The Morgan fingerprint density at radius 3 is 3.06 bits per heavy atom. The second kappa shape index (κ2) is 5.79. The van der Waals surface area contributed by atoms with Crippen molar-refractivity contribution in [1.29, 1.82) is 5.26 Å². The molecule has 3 nitrogen and oxygen atoms in total. The third-order valence-corrected chi connectivity index (χ3v) is 3.66. The summed E-state index contributed by atoms with van der Waals surface area (Å²) in [5, 5.41) is 12.5. The van der Waals surface area contributed by atoms with E-state index >= 15 is 0 Å². The zero-order chi connectivity index (χ0) is 12.1. The Bertz CT molecular complexity index is 408. The first-order valence-corrected chi connectivity index (χ1v) is 6.38. The van der Waals surface area contributed by atoms with E-state index in [1.165, 1.54) is 25.7 Å². The van der Waals surface area contributed by atoms with Gasteiger partial charge in [0.2, 0.25) is 0 Å². The molecule has 1 aromatic heterocycles. The van der Waals surface area contributed by atoms with E-state index in [9.17, 15) is 0 Å². The summed E-state index contributed by atoms with van der Waals surface area (Å²) >= 11 is 0. The van der Waals surface area contributed by atoms with E-state index in [1.807, 2.05) is 12.1 Å². The number of nitrogens with one attached hydrogen (secondary N) is 1. The van der Waals surface area contributed by atoms with Crippen molar-refractivity contribution >= 4 is 0 Å². The average molecular weight is 229 g/mol. The van der Waals surface area contributed by atoms with Crippen molar-refractivity contribution in [2.24, 2.45) is 5.92 Å². The first-order valence-electron chi connectivity index (χ1n) is 6.38. The molecule has 1 aliphatic carbocycles. The van der Waals surface area contributed by atoms with Crippen molar-refractivity contribution in [3.05, 3.63) is 29.6 Å². The molecule has 0 amide bonds. The van der Waals surface area contributed by atoms with Gasteiger partial charge >= 0.3 is 0 Å². The third-order valence-electron chi connectivity index (χ3n) is 3.66. The molecule has 1 N–H and O–H groups in total. The number of rotatable bonds is 3. The topological polar surface area (TPSA) is 48.7 Å². The predicted octanol–water partition coefficient (Wildman–Crippen LogP) is 2.62. The normalized spacial score (nSPS) is 24.2. The minimum absolute atomic E-state index is 0.545. The Hall–Kier alpha value is -1.40. The molecule has 0 bridgehead atoms. The molecule has 1 aromatic rings. The Balaban J connectivity index is 1.95. The van der Waals surface area contributed by atoms with Crippen molar-refractivity contribution < 1.29 is 0 Å². The van der Waals surface area contributed by atoms with Crippen molar-refractivity contribution in [2.45, 2.75) is 45.2 Å². The minimum Gasteiger partial charge on any atom is -0.310 e. The quantitative estimate of drug-likeness (QED) is 0.866. The van der Waals surface area contributed by atoms with E-state index < -0.39 is 0 Å². The van der Waals surface area contributed by atoms with Crippen LogP contribution in [0, 0.1) is 17.2 Å². The van der Waals surface area contributed by atoms with Crippen LogP contribution in [0.3, 0.4) is 0 Å². The fraction of sp³-hybridized carbons (Fsp3) is 0.571. The molecule has 0 aromatic carbocycles. The zero-order valence-corrected chi connectivity index (χ0v) is 10.3. The minimum atomic E-state index is 0.545. The number of pyridine rings is 1. The fourth-order valence-corrected chi connectivity index (χ4v) is 2.54. The van der Waals surface area contributed by atoms with Gasteiger partial charge in [0.15, 0.2) is 0 Å². The maximum Gasteiger partial charge on any atom is 0.144 e. The summed E-state index contributed by atoms with van der Waals surface area (Å²) in [4.78, 5) is 4.08. The van der Waals surface area contributed by atoms with Gasteiger partial charge in [0.05, 0.1) is 0 Å². The summed E-state index contributed by atoms with van der Waals surface area (Å²) in [6.45, 7) is 3.07. The van der Waals surface area contributed by atoms with Crippen molar-refractivity contribution in [3.63, 3.8) is 0 Å². The summed E-state index contributed by atoms with van der Waals surface area (Å²) < 4.78 is 0. The Morgan fingerprint density at radius 2 is 2.29 bits per heavy atom. The Morgan fingerprint density at radius 1 is 1.47 bits per heavy atom. The van der Waals surface area contributed by atoms with Gasteiger partial charge in [0, 0.05) is 24.3 Å². The molecule has 2 rings (SSSR count). The average Bonchev–Trinajstić information content (AvgIpc) is 2.38. The van der Waals surface area contributed by atoms with Crippen molar-refractivity contribution in [3.8, 4) is 6.07 Å². The molecule has 1 saturated carbocycles. The first-order chi connectivity index (χ1) is 8.31. The predicted molar refractivity (Wildman–Crippen MR) is 67.2 cm³/mol. The molecule has 1 aliphatic rings. The highest BCUT2D eigenvalue weighted by Gasteiger charge is 2.20. The molecular formula is C14H19N3. The lowest BCUT2D eigenvalue weighted by Crippen LogP contribution is -2.36. The van der Waals surface area contributed by atoms with Crippen LogP contribution in [0.2, 0.25) is 0 Å². The molecule has 0 aliphatic heterocycles. The van der Waals surface area contributed by atoms with Gasteiger partial charge in [-0.2, -0.15) is 5.26 Å². The maximum atomic E-state index is 8.97. The molecule has 0 spiro atoms. The number of hydrogen-bond donors (Lipinski definition) is 1. The number of aromatic nitrogens is 1. The van der Waals surface area contributed by atoms with E-state index in [4.69, 9.17) is 5.26 Å². The van der Waals surface area contributed by atoms with E-state index in [0.717, 1.165) is 18.0 Å². The van der Waals surface area contributed by atoms with Gasteiger partial charge in [-0.25, -0.2) is 4.98 Å². The van der Waals surface area contributed by atoms with Crippen LogP contribution in [0.15, 0.2) is 18.3 Å².